The molecule has 0 saturated heterocycles. The maximum atomic E-state index is 9.47. The van der Waals surface area contributed by atoms with Gasteiger partial charge in [-0.3, -0.25) is 5.10 Å². The SMILES string of the molecule is OCc1c(-c2ccccc2)n[nH]c1C1CC1. The van der Waals surface area contributed by atoms with E-state index in [2.05, 4.69) is 10.2 Å². The van der Waals surface area contributed by atoms with E-state index in [1.54, 1.807) is 0 Å². The zero-order valence-corrected chi connectivity index (χ0v) is 8.98. The number of H-pyrrole nitrogens is 1. The summed E-state index contributed by atoms with van der Waals surface area (Å²) in [5.41, 5.74) is 4.05. The van der Waals surface area contributed by atoms with Crippen LogP contribution in [-0.2, 0) is 6.61 Å². The van der Waals surface area contributed by atoms with Gasteiger partial charge in [-0.2, -0.15) is 5.10 Å². The Hall–Kier alpha value is -1.61. The van der Waals surface area contributed by atoms with Gasteiger partial charge in [0.1, 0.15) is 0 Å². The van der Waals surface area contributed by atoms with Crippen LogP contribution in [0.2, 0.25) is 0 Å². The first kappa shape index (κ1) is 9.60. The molecular formula is C13H14N2O. The van der Waals surface area contributed by atoms with E-state index >= 15 is 0 Å². The van der Waals surface area contributed by atoms with Gasteiger partial charge in [0.05, 0.1) is 12.3 Å². The van der Waals surface area contributed by atoms with Gasteiger partial charge in [0.15, 0.2) is 0 Å². The van der Waals surface area contributed by atoms with Gasteiger partial charge in [-0.25, -0.2) is 0 Å². The Bertz CT molecular complexity index is 486. The topological polar surface area (TPSA) is 48.9 Å². The molecule has 2 aromatic rings. The fourth-order valence-electron chi connectivity index (χ4n) is 2.08. The number of aliphatic hydroxyl groups excluding tert-OH is 1. The van der Waals surface area contributed by atoms with Gasteiger partial charge < -0.3 is 5.11 Å². The normalized spacial score (nSPS) is 15.3. The van der Waals surface area contributed by atoms with E-state index < -0.39 is 0 Å². The number of nitrogens with zero attached hydrogens (tertiary/aromatic N) is 1. The first-order chi connectivity index (χ1) is 7.90. The molecule has 0 aliphatic heterocycles. The molecule has 0 bridgehead atoms. The highest BCUT2D eigenvalue weighted by molar-refractivity contribution is 5.64. The third-order valence-electron chi connectivity index (χ3n) is 3.09. The van der Waals surface area contributed by atoms with Crippen LogP contribution in [0.5, 0.6) is 0 Å². The minimum atomic E-state index is 0.0621. The molecule has 16 heavy (non-hydrogen) atoms. The molecule has 0 radical (unpaired) electrons. The number of hydrogen-bond donors (Lipinski definition) is 2. The molecule has 3 nitrogen and oxygen atoms in total. The molecule has 1 fully saturated rings. The van der Waals surface area contributed by atoms with Crippen LogP contribution in [0.25, 0.3) is 11.3 Å². The summed E-state index contributed by atoms with van der Waals surface area (Å²) in [5.74, 6) is 0.590. The van der Waals surface area contributed by atoms with E-state index in [1.165, 1.54) is 12.8 Å². The summed E-state index contributed by atoms with van der Waals surface area (Å²) in [4.78, 5) is 0. The zero-order valence-electron chi connectivity index (χ0n) is 8.98. The minimum Gasteiger partial charge on any atom is -0.392 e. The maximum absolute atomic E-state index is 9.47. The minimum absolute atomic E-state index is 0.0621. The summed E-state index contributed by atoms with van der Waals surface area (Å²) >= 11 is 0. The van der Waals surface area contributed by atoms with Crippen molar-refractivity contribution >= 4 is 0 Å². The third-order valence-corrected chi connectivity index (χ3v) is 3.09. The summed E-state index contributed by atoms with van der Waals surface area (Å²) in [7, 11) is 0. The molecule has 1 aromatic carbocycles. The second-order valence-electron chi connectivity index (χ2n) is 4.26. The van der Waals surface area contributed by atoms with E-state index in [9.17, 15) is 5.11 Å². The second-order valence-corrected chi connectivity index (χ2v) is 4.26. The Kier molecular flexibility index (Phi) is 2.26. The second kappa shape index (κ2) is 3.76. The van der Waals surface area contributed by atoms with Crippen molar-refractivity contribution in [3.05, 3.63) is 41.6 Å². The van der Waals surface area contributed by atoms with Gasteiger partial charge in [-0.1, -0.05) is 30.3 Å². The Balaban J connectivity index is 2.07. The number of benzene rings is 1. The van der Waals surface area contributed by atoms with Crippen molar-refractivity contribution in [3.8, 4) is 11.3 Å². The number of aromatic amines is 1. The van der Waals surface area contributed by atoms with Gasteiger partial charge in [0.2, 0.25) is 0 Å². The lowest BCUT2D eigenvalue weighted by atomic mass is 10.0. The highest BCUT2D eigenvalue weighted by Gasteiger charge is 2.29. The van der Waals surface area contributed by atoms with Crippen molar-refractivity contribution in [1.82, 2.24) is 10.2 Å². The van der Waals surface area contributed by atoms with Gasteiger partial charge in [-0.05, 0) is 12.8 Å². The molecule has 0 spiro atoms. The van der Waals surface area contributed by atoms with Crippen LogP contribution >= 0.6 is 0 Å². The molecule has 2 N–H and O–H groups in total. The Morgan fingerprint density at radius 2 is 2.00 bits per heavy atom. The molecule has 3 rings (SSSR count). The van der Waals surface area contributed by atoms with Crippen molar-refractivity contribution in [3.63, 3.8) is 0 Å². The zero-order chi connectivity index (χ0) is 11.0. The summed E-state index contributed by atoms with van der Waals surface area (Å²) in [6, 6.07) is 10.00. The van der Waals surface area contributed by atoms with Crippen LogP contribution in [0.1, 0.15) is 30.0 Å². The highest BCUT2D eigenvalue weighted by atomic mass is 16.3. The van der Waals surface area contributed by atoms with Crippen LogP contribution in [0.4, 0.5) is 0 Å². The van der Waals surface area contributed by atoms with Crippen molar-refractivity contribution < 1.29 is 5.11 Å². The molecule has 1 aliphatic carbocycles. The van der Waals surface area contributed by atoms with Gasteiger partial charge in [0, 0.05) is 22.7 Å². The van der Waals surface area contributed by atoms with Crippen LogP contribution in [0.3, 0.4) is 0 Å². The molecule has 0 atom stereocenters. The van der Waals surface area contributed by atoms with Crippen LogP contribution in [0, 0.1) is 0 Å². The van der Waals surface area contributed by atoms with Crippen LogP contribution in [-0.4, -0.2) is 15.3 Å². The summed E-state index contributed by atoms with van der Waals surface area (Å²) in [6.45, 7) is 0.0621. The molecule has 1 saturated carbocycles. The number of rotatable bonds is 3. The highest BCUT2D eigenvalue weighted by Crippen LogP contribution is 2.42. The lowest BCUT2D eigenvalue weighted by molar-refractivity contribution is 0.281. The van der Waals surface area contributed by atoms with Crippen molar-refractivity contribution in [1.29, 1.82) is 0 Å². The summed E-state index contributed by atoms with van der Waals surface area (Å²) in [5, 5.41) is 16.9. The predicted octanol–water partition coefficient (Wildman–Crippen LogP) is 2.45. The van der Waals surface area contributed by atoms with Crippen LogP contribution < -0.4 is 0 Å². The smallest absolute Gasteiger partial charge is 0.0978 e. The number of nitrogens with one attached hydrogen (secondary N) is 1. The summed E-state index contributed by atoms with van der Waals surface area (Å²) in [6.07, 6.45) is 2.42. The molecule has 82 valence electrons. The van der Waals surface area contributed by atoms with Crippen molar-refractivity contribution in [2.24, 2.45) is 0 Å². The average Bonchev–Trinajstić information content (AvgIpc) is 3.09. The molecule has 0 amide bonds. The lowest BCUT2D eigenvalue weighted by Crippen LogP contribution is -1.90. The number of aromatic nitrogens is 2. The molecule has 1 aliphatic rings. The van der Waals surface area contributed by atoms with E-state index in [0.29, 0.717) is 5.92 Å². The average molecular weight is 214 g/mol. The largest absolute Gasteiger partial charge is 0.392 e. The first-order valence-corrected chi connectivity index (χ1v) is 5.63. The third kappa shape index (κ3) is 1.53. The molecule has 1 heterocycles. The summed E-state index contributed by atoms with van der Waals surface area (Å²) < 4.78 is 0. The maximum Gasteiger partial charge on any atom is 0.0978 e. The molecular weight excluding hydrogens is 200 g/mol. The van der Waals surface area contributed by atoms with Gasteiger partial charge in [-0.15, -0.1) is 0 Å². The molecule has 3 heteroatoms. The fourth-order valence-corrected chi connectivity index (χ4v) is 2.08. The quantitative estimate of drug-likeness (QED) is 0.824. The van der Waals surface area contributed by atoms with Gasteiger partial charge in [0.25, 0.3) is 0 Å². The van der Waals surface area contributed by atoms with E-state index in [0.717, 1.165) is 22.5 Å². The number of aliphatic hydroxyl groups is 1. The fraction of sp³-hybridized carbons (Fsp3) is 0.308. The Morgan fingerprint density at radius 1 is 1.25 bits per heavy atom. The van der Waals surface area contributed by atoms with Crippen LogP contribution in [0.15, 0.2) is 30.3 Å². The number of hydrogen-bond acceptors (Lipinski definition) is 2. The Labute approximate surface area is 94.1 Å². The Morgan fingerprint density at radius 3 is 2.62 bits per heavy atom. The lowest BCUT2D eigenvalue weighted by Gasteiger charge is -2.01. The van der Waals surface area contributed by atoms with E-state index in [4.69, 9.17) is 0 Å². The monoisotopic (exact) mass is 214 g/mol. The predicted molar refractivity (Wildman–Crippen MR) is 61.9 cm³/mol. The standard InChI is InChI=1S/C13H14N2O/c16-8-11-12(9-4-2-1-3-5-9)14-15-13(11)10-6-7-10/h1-5,10,16H,6-8H2,(H,14,15). The van der Waals surface area contributed by atoms with Crippen molar-refractivity contribution in [2.75, 3.05) is 0 Å². The molecule has 1 aromatic heterocycles. The van der Waals surface area contributed by atoms with E-state index in [1.807, 2.05) is 30.3 Å². The first-order valence-electron chi connectivity index (χ1n) is 5.63. The molecule has 0 unspecified atom stereocenters. The van der Waals surface area contributed by atoms with Gasteiger partial charge >= 0.3 is 0 Å². The van der Waals surface area contributed by atoms with E-state index in [-0.39, 0.29) is 6.61 Å². The van der Waals surface area contributed by atoms with Crippen molar-refractivity contribution in [2.45, 2.75) is 25.4 Å².